The molecule has 0 aliphatic carbocycles. The number of hydrogen-bond acceptors (Lipinski definition) is 4. The van der Waals surface area contributed by atoms with Gasteiger partial charge < -0.3 is 20.1 Å². The molecule has 0 aromatic heterocycles. The van der Waals surface area contributed by atoms with Crippen molar-refractivity contribution in [2.24, 2.45) is 0 Å². The number of ether oxygens (including phenoxy) is 2. The molecule has 6 heteroatoms. The number of benzene rings is 1. The molecule has 0 unspecified atom stereocenters. The summed E-state index contributed by atoms with van der Waals surface area (Å²) in [5, 5.41) is 0. The maximum Gasteiger partial charge on any atom is 0.296 e. The molecule has 1 atom stereocenters. The van der Waals surface area contributed by atoms with Gasteiger partial charge in [0.2, 0.25) is 0 Å². The average molecular weight is 272 g/mol. The summed E-state index contributed by atoms with van der Waals surface area (Å²) in [4.78, 5) is 1.59. The van der Waals surface area contributed by atoms with Crippen molar-refractivity contribution >= 4 is 5.69 Å². The lowest BCUT2D eigenvalue weighted by molar-refractivity contribution is -0.135. The molecule has 0 amide bonds. The third-order valence-corrected chi connectivity index (χ3v) is 3.18. The summed E-state index contributed by atoms with van der Waals surface area (Å²) in [6.07, 6.45) is -0.888. The van der Waals surface area contributed by atoms with Gasteiger partial charge in [0.05, 0.1) is 13.7 Å². The van der Waals surface area contributed by atoms with E-state index in [0.717, 1.165) is 0 Å². The zero-order chi connectivity index (χ0) is 14.0. The van der Waals surface area contributed by atoms with Crippen molar-refractivity contribution in [3.63, 3.8) is 0 Å². The van der Waals surface area contributed by atoms with Crippen LogP contribution in [0.3, 0.4) is 0 Å². The van der Waals surface area contributed by atoms with Crippen molar-refractivity contribution in [2.45, 2.75) is 18.4 Å². The summed E-state index contributed by atoms with van der Waals surface area (Å²) >= 11 is 0. The number of anilines is 1. The van der Waals surface area contributed by atoms with E-state index in [1.807, 2.05) is 0 Å². The van der Waals surface area contributed by atoms with E-state index in [2.05, 4.69) is 0 Å². The highest BCUT2D eigenvalue weighted by Crippen LogP contribution is 2.35. The molecule has 1 fully saturated rings. The van der Waals surface area contributed by atoms with Crippen LogP contribution in [0.25, 0.3) is 0 Å². The maximum atomic E-state index is 13.9. The number of nitrogens with zero attached hydrogens (tertiary/aromatic N) is 1. The Bertz CT molecular complexity index is 454. The van der Waals surface area contributed by atoms with Gasteiger partial charge in [-0.1, -0.05) is 0 Å². The van der Waals surface area contributed by atoms with Gasteiger partial charge in [-0.05, 0) is 19.2 Å². The Morgan fingerprint density at radius 1 is 1.37 bits per heavy atom. The highest BCUT2D eigenvalue weighted by Gasteiger charge is 2.45. The van der Waals surface area contributed by atoms with E-state index in [-0.39, 0.29) is 18.7 Å². The van der Waals surface area contributed by atoms with Gasteiger partial charge in [-0.3, -0.25) is 0 Å². The van der Waals surface area contributed by atoms with Gasteiger partial charge in [0.1, 0.15) is 0 Å². The number of likely N-dealkylation sites (tertiary alicyclic amines) is 1. The molecule has 1 aromatic rings. The quantitative estimate of drug-likeness (QED) is 0.855. The van der Waals surface area contributed by atoms with E-state index in [1.54, 1.807) is 24.1 Å². The average Bonchev–Trinajstić information content (AvgIpc) is 2.32. The number of hydrogen-bond donors (Lipinski definition) is 1. The molecule has 19 heavy (non-hydrogen) atoms. The van der Waals surface area contributed by atoms with E-state index < -0.39 is 12.0 Å². The fourth-order valence-corrected chi connectivity index (χ4v) is 2.17. The Labute approximate surface area is 111 Å². The molecule has 106 valence electrons. The van der Waals surface area contributed by atoms with Crippen LogP contribution in [0, 0.1) is 0 Å². The lowest BCUT2D eigenvalue weighted by atomic mass is 10.0. The first kappa shape index (κ1) is 13.9. The third kappa shape index (κ3) is 3.07. The summed E-state index contributed by atoms with van der Waals surface area (Å²) in [5.74, 6) is -2.22. The molecular weight excluding hydrogens is 254 g/mol. The molecule has 0 saturated carbocycles. The van der Waals surface area contributed by atoms with Crippen LogP contribution in [0.4, 0.5) is 14.5 Å². The molecule has 1 heterocycles. The van der Waals surface area contributed by atoms with Crippen LogP contribution in [0.1, 0.15) is 6.42 Å². The summed E-state index contributed by atoms with van der Waals surface area (Å²) in [6.45, 7) is 0.271. The topological polar surface area (TPSA) is 47.7 Å². The SMILES string of the molecule is COc1ccc(N)cc1O[C@@H]1CCN(C)CC1(F)F. The van der Waals surface area contributed by atoms with E-state index in [1.165, 1.54) is 13.2 Å². The van der Waals surface area contributed by atoms with E-state index in [4.69, 9.17) is 15.2 Å². The third-order valence-electron chi connectivity index (χ3n) is 3.18. The number of halogens is 2. The van der Waals surface area contributed by atoms with Gasteiger partial charge in [-0.15, -0.1) is 0 Å². The van der Waals surface area contributed by atoms with Gasteiger partial charge in [0.25, 0.3) is 5.92 Å². The Morgan fingerprint density at radius 2 is 2.11 bits per heavy atom. The van der Waals surface area contributed by atoms with Gasteiger partial charge in [-0.25, -0.2) is 8.78 Å². The molecule has 1 aliphatic rings. The lowest BCUT2D eigenvalue weighted by Gasteiger charge is -2.36. The smallest absolute Gasteiger partial charge is 0.296 e. The number of nitrogen functional groups attached to an aromatic ring is 1. The fourth-order valence-electron chi connectivity index (χ4n) is 2.17. The molecular formula is C13H18F2N2O2. The van der Waals surface area contributed by atoms with E-state index in [9.17, 15) is 8.78 Å². The molecule has 0 spiro atoms. The zero-order valence-corrected chi connectivity index (χ0v) is 11.0. The minimum atomic E-state index is -2.89. The van der Waals surface area contributed by atoms with Crippen LogP contribution >= 0.6 is 0 Å². The molecule has 4 nitrogen and oxygen atoms in total. The van der Waals surface area contributed by atoms with E-state index in [0.29, 0.717) is 18.0 Å². The Hall–Kier alpha value is -1.56. The van der Waals surface area contributed by atoms with Crippen LogP contribution in [0.15, 0.2) is 18.2 Å². The zero-order valence-electron chi connectivity index (χ0n) is 11.0. The van der Waals surface area contributed by atoms with Gasteiger partial charge in [-0.2, -0.15) is 0 Å². The summed E-state index contributed by atoms with van der Waals surface area (Å²) in [6, 6.07) is 4.75. The van der Waals surface area contributed by atoms with Gasteiger partial charge in [0.15, 0.2) is 17.6 Å². The number of alkyl halides is 2. The van der Waals surface area contributed by atoms with E-state index >= 15 is 0 Å². The fraction of sp³-hybridized carbons (Fsp3) is 0.538. The van der Waals surface area contributed by atoms with Crippen LogP contribution in [0.2, 0.25) is 0 Å². The summed E-state index contributed by atoms with van der Waals surface area (Å²) in [5.41, 5.74) is 6.10. The second kappa shape index (κ2) is 5.21. The first-order chi connectivity index (χ1) is 8.92. The van der Waals surface area contributed by atoms with Gasteiger partial charge in [0, 0.05) is 24.7 Å². The monoisotopic (exact) mass is 272 g/mol. The van der Waals surface area contributed by atoms with Crippen LogP contribution in [0.5, 0.6) is 11.5 Å². The van der Waals surface area contributed by atoms with Crippen molar-refractivity contribution in [1.82, 2.24) is 4.90 Å². The van der Waals surface area contributed by atoms with Gasteiger partial charge >= 0.3 is 0 Å². The minimum Gasteiger partial charge on any atom is -0.493 e. The largest absolute Gasteiger partial charge is 0.493 e. The van der Waals surface area contributed by atoms with Crippen molar-refractivity contribution in [3.05, 3.63) is 18.2 Å². The highest BCUT2D eigenvalue weighted by atomic mass is 19.3. The first-order valence-corrected chi connectivity index (χ1v) is 6.09. The normalized spacial score (nSPS) is 23.1. The maximum absolute atomic E-state index is 13.9. The van der Waals surface area contributed by atoms with Crippen LogP contribution < -0.4 is 15.2 Å². The van der Waals surface area contributed by atoms with Crippen molar-refractivity contribution in [2.75, 3.05) is 33.0 Å². The second-order valence-corrected chi connectivity index (χ2v) is 4.80. The minimum absolute atomic E-state index is 0.261. The van der Waals surface area contributed by atoms with Crippen LogP contribution in [-0.2, 0) is 0 Å². The number of methoxy groups -OCH3 is 1. The number of rotatable bonds is 3. The molecule has 2 N–H and O–H groups in total. The Balaban J connectivity index is 2.18. The summed E-state index contributed by atoms with van der Waals surface area (Å²) in [7, 11) is 3.14. The number of nitrogens with two attached hydrogens (primary N) is 1. The predicted molar refractivity (Wildman–Crippen MR) is 68.9 cm³/mol. The Morgan fingerprint density at radius 3 is 2.74 bits per heavy atom. The molecule has 1 aromatic carbocycles. The first-order valence-electron chi connectivity index (χ1n) is 6.09. The molecule has 0 radical (unpaired) electrons. The predicted octanol–water partition coefficient (Wildman–Crippen LogP) is 2.00. The van der Waals surface area contributed by atoms with Crippen molar-refractivity contribution < 1.29 is 18.3 Å². The molecule has 1 aliphatic heterocycles. The molecule has 2 rings (SSSR count). The summed E-state index contributed by atoms with van der Waals surface area (Å²) < 4.78 is 38.3. The van der Waals surface area contributed by atoms with Crippen LogP contribution in [-0.4, -0.2) is 44.2 Å². The number of piperidine rings is 1. The van der Waals surface area contributed by atoms with Crippen molar-refractivity contribution in [3.8, 4) is 11.5 Å². The van der Waals surface area contributed by atoms with Crippen molar-refractivity contribution in [1.29, 1.82) is 0 Å². The standard InChI is InChI=1S/C13H18F2N2O2/c1-17-6-5-12(13(14,15)8-17)19-11-7-9(16)3-4-10(11)18-2/h3-4,7,12H,5-6,8,16H2,1-2H3/t12-/m1/s1. The lowest BCUT2D eigenvalue weighted by Crippen LogP contribution is -2.52. The second-order valence-electron chi connectivity index (χ2n) is 4.80. The molecule has 1 saturated heterocycles. The highest BCUT2D eigenvalue weighted by molar-refractivity contribution is 5.52. The Kier molecular flexibility index (Phi) is 3.80. The molecule has 0 bridgehead atoms.